The van der Waals surface area contributed by atoms with Gasteiger partial charge in [0.2, 0.25) is 5.91 Å². The maximum absolute atomic E-state index is 11.9. The third-order valence-corrected chi connectivity index (χ3v) is 4.84. The Bertz CT molecular complexity index is 611. The first-order chi connectivity index (χ1) is 12.3. The number of hydrogen-bond acceptors (Lipinski definition) is 3. The van der Waals surface area contributed by atoms with Gasteiger partial charge in [-0.15, -0.1) is 0 Å². The zero-order chi connectivity index (χ0) is 17.5. The lowest BCUT2D eigenvalue weighted by Gasteiger charge is -2.19. The highest BCUT2D eigenvalue weighted by Crippen LogP contribution is 2.17. The summed E-state index contributed by atoms with van der Waals surface area (Å²) in [6.07, 6.45) is 4.18. The van der Waals surface area contributed by atoms with Gasteiger partial charge in [0, 0.05) is 46.3 Å². The Labute approximate surface area is 149 Å². The van der Waals surface area contributed by atoms with E-state index in [0.29, 0.717) is 19.5 Å². The van der Waals surface area contributed by atoms with Gasteiger partial charge in [-0.1, -0.05) is 24.3 Å². The van der Waals surface area contributed by atoms with Crippen LogP contribution in [0.3, 0.4) is 0 Å². The van der Waals surface area contributed by atoms with Crippen LogP contribution in [0.4, 0.5) is 0 Å². The lowest BCUT2D eigenvalue weighted by atomic mass is 10.1. The van der Waals surface area contributed by atoms with Crippen LogP contribution in [0.25, 0.3) is 0 Å². The van der Waals surface area contributed by atoms with Crippen molar-refractivity contribution in [3.8, 4) is 0 Å². The standard InChI is InChI=1S/C19H28N4O2/c1-20-19(22-13-17-8-5-11-25-17)21-12-15-6-2-3-7-16(15)14-23-10-4-9-18(23)24/h2-3,6-7,17H,4-5,8-14H2,1H3,(H2,20,21,22). The Morgan fingerprint density at radius 2 is 2.12 bits per heavy atom. The zero-order valence-electron chi connectivity index (χ0n) is 15.0. The van der Waals surface area contributed by atoms with E-state index in [4.69, 9.17) is 4.74 Å². The Morgan fingerprint density at radius 1 is 1.28 bits per heavy atom. The number of likely N-dealkylation sites (tertiary alicyclic amines) is 1. The molecule has 6 nitrogen and oxygen atoms in total. The van der Waals surface area contributed by atoms with Crippen molar-refractivity contribution in [3.05, 3.63) is 35.4 Å². The van der Waals surface area contributed by atoms with Crippen molar-refractivity contribution in [2.45, 2.75) is 44.9 Å². The molecule has 1 atom stereocenters. The third kappa shape index (κ3) is 4.95. The number of amides is 1. The molecule has 0 saturated carbocycles. The van der Waals surface area contributed by atoms with Crippen LogP contribution >= 0.6 is 0 Å². The molecule has 2 heterocycles. The summed E-state index contributed by atoms with van der Waals surface area (Å²) in [5.74, 6) is 1.04. The zero-order valence-corrected chi connectivity index (χ0v) is 15.0. The van der Waals surface area contributed by atoms with Crippen molar-refractivity contribution in [1.82, 2.24) is 15.5 Å². The summed E-state index contributed by atoms with van der Waals surface area (Å²) >= 11 is 0. The summed E-state index contributed by atoms with van der Waals surface area (Å²) in [4.78, 5) is 18.1. The molecule has 1 aromatic rings. The summed E-state index contributed by atoms with van der Waals surface area (Å²) in [7, 11) is 1.78. The van der Waals surface area contributed by atoms with Crippen LogP contribution in [0.5, 0.6) is 0 Å². The Morgan fingerprint density at radius 3 is 2.80 bits per heavy atom. The van der Waals surface area contributed by atoms with Gasteiger partial charge in [-0.05, 0) is 30.4 Å². The van der Waals surface area contributed by atoms with Crippen molar-refractivity contribution in [3.63, 3.8) is 0 Å². The van der Waals surface area contributed by atoms with Gasteiger partial charge in [-0.25, -0.2) is 0 Å². The maximum atomic E-state index is 11.9. The van der Waals surface area contributed by atoms with E-state index in [9.17, 15) is 4.79 Å². The number of carbonyl (C=O) groups is 1. The van der Waals surface area contributed by atoms with E-state index < -0.39 is 0 Å². The molecule has 3 rings (SSSR count). The van der Waals surface area contributed by atoms with E-state index in [1.807, 2.05) is 17.0 Å². The van der Waals surface area contributed by atoms with Crippen molar-refractivity contribution < 1.29 is 9.53 Å². The van der Waals surface area contributed by atoms with Crippen LogP contribution in [-0.2, 0) is 22.6 Å². The SMILES string of the molecule is CN=C(NCc1ccccc1CN1CCCC1=O)NCC1CCCO1. The van der Waals surface area contributed by atoms with Gasteiger partial charge in [0.05, 0.1) is 6.10 Å². The van der Waals surface area contributed by atoms with E-state index >= 15 is 0 Å². The predicted molar refractivity (Wildman–Crippen MR) is 98.3 cm³/mol. The topological polar surface area (TPSA) is 66.0 Å². The number of carbonyl (C=O) groups excluding carboxylic acids is 1. The van der Waals surface area contributed by atoms with Crippen LogP contribution in [0.2, 0.25) is 0 Å². The molecule has 1 unspecified atom stereocenters. The molecule has 0 radical (unpaired) electrons. The molecule has 0 aromatic heterocycles. The van der Waals surface area contributed by atoms with Gasteiger partial charge >= 0.3 is 0 Å². The molecule has 2 fully saturated rings. The minimum absolute atomic E-state index is 0.261. The first kappa shape index (κ1) is 17.7. The van der Waals surface area contributed by atoms with E-state index in [2.05, 4.69) is 27.8 Å². The van der Waals surface area contributed by atoms with Crippen LogP contribution < -0.4 is 10.6 Å². The number of nitrogens with zero attached hydrogens (tertiary/aromatic N) is 2. The van der Waals surface area contributed by atoms with E-state index in [0.717, 1.165) is 44.9 Å². The second-order valence-electron chi connectivity index (χ2n) is 6.63. The number of nitrogens with one attached hydrogen (secondary N) is 2. The molecular weight excluding hydrogens is 316 g/mol. The molecule has 0 aliphatic carbocycles. The second-order valence-corrected chi connectivity index (χ2v) is 6.63. The molecule has 6 heteroatoms. The molecule has 1 amide bonds. The molecular formula is C19H28N4O2. The van der Waals surface area contributed by atoms with Gasteiger partial charge in [0.25, 0.3) is 0 Å². The second kappa shape index (κ2) is 8.85. The average molecular weight is 344 g/mol. The molecule has 2 N–H and O–H groups in total. The summed E-state index contributed by atoms with van der Waals surface area (Å²) in [5.41, 5.74) is 2.39. The van der Waals surface area contributed by atoms with Crippen molar-refractivity contribution >= 4 is 11.9 Å². The number of ether oxygens (including phenoxy) is 1. The molecule has 2 aliphatic rings. The van der Waals surface area contributed by atoms with Crippen molar-refractivity contribution in [2.75, 3.05) is 26.7 Å². The lowest BCUT2D eigenvalue weighted by Crippen LogP contribution is -2.40. The Hall–Kier alpha value is -2.08. The maximum Gasteiger partial charge on any atom is 0.222 e. The van der Waals surface area contributed by atoms with Gasteiger partial charge < -0.3 is 20.3 Å². The highest BCUT2D eigenvalue weighted by atomic mass is 16.5. The van der Waals surface area contributed by atoms with E-state index in [-0.39, 0.29) is 12.0 Å². The number of aliphatic imine (C=N–C) groups is 1. The largest absolute Gasteiger partial charge is 0.376 e. The molecule has 1 aromatic carbocycles. The summed E-state index contributed by atoms with van der Waals surface area (Å²) < 4.78 is 5.63. The fourth-order valence-electron chi connectivity index (χ4n) is 3.38. The third-order valence-electron chi connectivity index (χ3n) is 4.84. The number of benzene rings is 1. The molecule has 136 valence electrons. The summed E-state index contributed by atoms with van der Waals surface area (Å²) in [6, 6.07) is 8.28. The molecule has 0 spiro atoms. The van der Waals surface area contributed by atoms with Crippen molar-refractivity contribution in [1.29, 1.82) is 0 Å². The monoisotopic (exact) mass is 344 g/mol. The summed E-state index contributed by atoms with van der Waals surface area (Å²) in [5, 5.41) is 6.70. The van der Waals surface area contributed by atoms with E-state index in [1.165, 1.54) is 11.1 Å². The highest BCUT2D eigenvalue weighted by molar-refractivity contribution is 5.79. The minimum Gasteiger partial charge on any atom is -0.376 e. The van der Waals surface area contributed by atoms with Gasteiger partial charge in [0.15, 0.2) is 5.96 Å². The molecule has 2 saturated heterocycles. The Balaban J connectivity index is 1.53. The quantitative estimate of drug-likeness (QED) is 0.608. The number of hydrogen-bond donors (Lipinski definition) is 2. The average Bonchev–Trinajstić information content (AvgIpc) is 3.29. The van der Waals surface area contributed by atoms with Gasteiger partial charge in [0.1, 0.15) is 0 Å². The minimum atomic E-state index is 0.261. The first-order valence-electron chi connectivity index (χ1n) is 9.17. The first-order valence-corrected chi connectivity index (χ1v) is 9.17. The van der Waals surface area contributed by atoms with E-state index in [1.54, 1.807) is 7.05 Å². The highest BCUT2D eigenvalue weighted by Gasteiger charge is 2.21. The van der Waals surface area contributed by atoms with Crippen LogP contribution in [0.1, 0.15) is 36.8 Å². The predicted octanol–water partition coefficient (Wildman–Crippen LogP) is 1.65. The fourth-order valence-corrected chi connectivity index (χ4v) is 3.38. The smallest absolute Gasteiger partial charge is 0.222 e. The molecule has 2 aliphatic heterocycles. The molecule has 0 bridgehead atoms. The van der Waals surface area contributed by atoms with Crippen LogP contribution in [0.15, 0.2) is 29.3 Å². The van der Waals surface area contributed by atoms with Gasteiger partial charge in [-0.3, -0.25) is 9.79 Å². The molecule has 25 heavy (non-hydrogen) atoms. The number of guanidine groups is 1. The lowest BCUT2D eigenvalue weighted by molar-refractivity contribution is -0.128. The fraction of sp³-hybridized carbons (Fsp3) is 0.579. The van der Waals surface area contributed by atoms with Crippen LogP contribution in [-0.4, -0.2) is 49.6 Å². The van der Waals surface area contributed by atoms with Crippen LogP contribution in [0, 0.1) is 0 Å². The summed E-state index contributed by atoms with van der Waals surface area (Å²) in [6.45, 7) is 3.89. The van der Waals surface area contributed by atoms with Crippen molar-refractivity contribution in [2.24, 2.45) is 4.99 Å². The Kier molecular flexibility index (Phi) is 6.28. The number of rotatable bonds is 6. The normalized spacial score (nSPS) is 21.0. The van der Waals surface area contributed by atoms with Gasteiger partial charge in [-0.2, -0.15) is 0 Å².